The molecule has 2 heterocycles. The van der Waals surface area contributed by atoms with Gasteiger partial charge in [-0.05, 0) is 13.5 Å². The zero-order valence-electron chi connectivity index (χ0n) is 9.90. The van der Waals surface area contributed by atoms with Crippen molar-refractivity contribution >= 4 is 28.2 Å². The third kappa shape index (κ3) is 2.90. The Kier molecular flexibility index (Phi) is 4.49. The van der Waals surface area contributed by atoms with Gasteiger partial charge < -0.3 is 10.2 Å². The second-order valence-electron chi connectivity index (χ2n) is 4.02. The maximum absolute atomic E-state index is 4.69. The number of nitrogens with zero attached hydrogens (tertiary/aromatic N) is 2. The van der Waals surface area contributed by atoms with Gasteiger partial charge in [0.25, 0.3) is 0 Å². The molecular formula is C11H19N3S2. The molecule has 3 nitrogen and oxygen atoms in total. The lowest BCUT2D eigenvalue weighted by Crippen LogP contribution is -2.40. The first-order chi connectivity index (χ1) is 7.81. The summed E-state index contributed by atoms with van der Waals surface area (Å²) in [7, 11) is 0. The number of anilines is 1. The highest BCUT2D eigenvalue weighted by Crippen LogP contribution is 2.26. The van der Waals surface area contributed by atoms with Crippen LogP contribution in [-0.2, 0) is 6.54 Å². The molecule has 0 aromatic carbocycles. The van der Waals surface area contributed by atoms with Gasteiger partial charge in [0.2, 0.25) is 0 Å². The largest absolute Gasteiger partial charge is 0.344 e. The van der Waals surface area contributed by atoms with E-state index in [1.54, 1.807) is 11.3 Å². The molecule has 1 aromatic heterocycles. The Morgan fingerprint density at radius 3 is 3.25 bits per heavy atom. The summed E-state index contributed by atoms with van der Waals surface area (Å²) in [5, 5.41) is 6.68. The molecule has 1 aromatic rings. The zero-order valence-corrected chi connectivity index (χ0v) is 11.5. The van der Waals surface area contributed by atoms with Gasteiger partial charge in [-0.15, -0.1) is 11.3 Å². The third-order valence-corrected chi connectivity index (χ3v) is 4.82. The molecule has 0 saturated carbocycles. The van der Waals surface area contributed by atoms with Crippen LogP contribution in [0.3, 0.4) is 0 Å². The Labute approximate surface area is 106 Å². The molecule has 1 unspecified atom stereocenters. The van der Waals surface area contributed by atoms with Gasteiger partial charge in [-0.3, -0.25) is 0 Å². The van der Waals surface area contributed by atoms with Crippen molar-refractivity contribution in [3.8, 4) is 0 Å². The number of hydrogen-bond acceptors (Lipinski definition) is 5. The Morgan fingerprint density at radius 2 is 2.50 bits per heavy atom. The summed E-state index contributed by atoms with van der Waals surface area (Å²) in [6.45, 7) is 7.45. The Bertz CT molecular complexity index is 327. The van der Waals surface area contributed by atoms with E-state index >= 15 is 0 Å². The summed E-state index contributed by atoms with van der Waals surface area (Å²) in [6, 6.07) is 0.622. The molecule has 1 aliphatic heterocycles. The Hall–Kier alpha value is -0.260. The predicted molar refractivity (Wildman–Crippen MR) is 73.6 cm³/mol. The Morgan fingerprint density at radius 1 is 1.62 bits per heavy atom. The molecule has 0 amide bonds. The average molecular weight is 257 g/mol. The minimum absolute atomic E-state index is 0.622. The molecule has 16 heavy (non-hydrogen) atoms. The van der Waals surface area contributed by atoms with Crippen LogP contribution in [-0.4, -0.2) is 35.6 Å². The van der Waals surface area contributed by atoms with Crippen molar-refractivity contribution in [1.82, 2.24) is 10.3 Å². The van der Waals surface area contributed by atoms with Gasteiger partial charge in [0.1, 0.15) is 0 Å². The van der Waals surface area contributed by atoms with Gasteiger partial charge in [0, 0.05) is 36.0 Å². The average Bonchev–Trinajstić information content (AvgIpc) is 2.75. The minimum Gasteiger partial charge on any atom is -0.344 e. The van der Waals surface area contributed by atoms with Gasteiger partial charge in [-0.25, -0.2) is 4.98 Å². The molecule has 1 atom stereocenters. The van der Waals surface area contributed by atoms with Crippen LogP contribution in [0.4, 0.5) is 5.13 Å². The van der Waals surface area contributed by atoms with Crippen LogP contribution in [0.1, 0.15) is 19.5 Å². The van der Waals surface area contributed by atoms with E-state index in [0.29, 0.717) is 6.04 Å². The number of rotatable bonds is 4. The number of nitrogens with one attached hydrogen (secondary N) is 1. The molecule has 0 bridgehead atoms. The van der Waals surface area contributed by atoms with Gasteiger partial charge in [0.15, 0.2) is 5.13 Å². The van der Waals surface area contributed by atoms with Crippen LogP contribution >= 0.6 is 23.1 Å². The van der Waals surface area contributed by atoms with Crippen LogP contribution in [0.15, 0.2) is 5.38 Å². The number of aromatic nitrogens is 1. The van der Waals surface area contributed by atoms with Crippen molar-refractivity contribution in [1.29, 1.82) is 0 Å². The fourth-order valence-electron chi connectivity index (χ4n) is 1.77. The van der Waals surface area contributed by atoms with Crippen LogP contribution < -0.4 is 10.2 Å². The second-order valence-corrected chi connectivity index (χ2v) is 6.01. The smallest absolute Gasteiger partial charge is 0.185 e. The lowest BCUT2D eigenvalue weighted by Gasteiger charge is -2.32. The highest BCUT2D eigenvalue weighted by molar-refractivity contribution is 7.99. The van der Waals surface area contributed by atoms with Crippen LogP contribution in [0, 0.1) is 0 Å². The van der Waals surface area contributed by atoms with Crippen molar-refractivity contribution in [2.75, 3.05) is 29.5 Å². The minimum atomic E-state index is 0.622. The van der Waals surface area contributed by atoms with E-state index in [-0.39, 0.29) is 0 Å². The third-order valence-electron chi connectivity index (χ3n) is 2.71. The van der Waals surface area contributed by atoms with E-state index in [1.807, 2.05) is 11.8 Å². The Balaban J connectivity index is 1.99. The monoisotopic (exact) mass is 257 g/mol. The molecule has 0 spiro atoms. The van der Waals surface area contributed by atoms with E-state index in [4.69, 9.17) is 4.98 Å². The molecule has 5 heteroatoms. The maximum Gasteiger partial charge on any atom is 0.185 e. The van der Waals surface area contributed by atoms with Crippen molar-refractivity contribution < 1.29 is 0 Å². The lowest BCUT2D eigenvalue weighted by atomic mass is 10.3. The fourth-order valence-corrected chi connectivity index (χ4v) is 3.74. The highest BCUT2D eigenvalue weighted by Gasteiger charge is 2.21. The number of hydrogen-bond donors (Lipinski definition) is 1. The van der Waals surface area contributed by atoms with Crippen molar-refractivity contribution in [2.45, 2.75) is 26.4 Å². The highest BCUT2D eigenvalue weighted by atomic mass is 32.2. The number of thiazole rings is 1. The first kappa shape index (κ1) is 12.2. The van der Waals surface area contributed by atoms with Crippen LogP contribution in [0.2, 0.25) is 0 Å². The van der Waals surface area contributed by atoms with Crippen molar-refractivity contribution in [3.63, 3.8) is 0 Å². The molecule has 1 N–H and O–H groups in total. The van der Waals surface area contributed by atoms with E-state index in [0.717, 1.165) is 19.6 Å². The van der Waals surface area contributed by atoms with Gasteiger partial charge in [0.05, 0.1) is 5.69 Å². The van der Waals surface area contributed by atoms with Crippen LogP contribution in [0.5, 0.6) is 0 Å². The van der Waals surface area contributed by atoms with Crippen molar-refractivity contribution in [2.24, 2.45) is 0 Å². The summed E-state index contributed by atoms with van der Waals surface area (Å²) in [4.78, 5) is 7.14. The quantitative estimate of drug-likeness (QED) is 0.895. The van der Waals surface area contributed by atoms with Crippen molar-refractivity contribution in [3.05, 3.63) is 11.1 Å². The van der Waals surface area contributed by atoms with E-state index in [2.05, 4.69) is 29.4 Å². The predicted octanol–water partition coefficient (Wildman–Crippen LogP) is 2.19. The standard InChI is InChI=1S/C11H19N3S2/c1-3-12-6-10-8-16-11(13-10)14-4-5-15-7-9(14)2/h8-9,12H,3-7H2,1-2H3. The lowest BCUT2D eigenvalue weighted by molar-refractivity contribution is 0.686. The second kappa shape index (κ2) is 5.89. The zero-order chi connectivity index (χ0) is 11.4. The van der Waals surface area contributed by atoms with E-state index in [1.165, 1.54) is 22.3 Å². The van der Waals surface area contributed by atoms with E-state index < -0.39 is 0 Å². The summed E-state index contributed by atoms with van der Waals surface area (Å²) >= 11 is 3.82. The molecule has 0 aliphatic carbocycles. The maximum atomic E-state index is 4.69. The molecular weight excluding hydrogens is 238 g/mol. The topological polar surface area (TPSA) is 28.2 Å². The molecule has 1 saturated heterocycles. The fraction of sp³-hybridized carbons (Fsp3) is 0.727. The van der Waals surface area contributed by atoms with Crippen LogP contribution in [0.25, 0.3) is 0 Å². The molecule has 1 fully saturated rings. The number of thioether (sulfide) groups is 1. The van der Waals surface area contributed by atoms with Gasteiger partial charge in [-0.1, -0.05) is 6.92 Å². The SMILES string of the molecule is CCNCc1csc(N2CCSCC2C)n1. The summed E-state index contributed by atoms with van der Waals surface area (Å²) in [5.41, 5.74) is 1.17. The summed E-state index contributed by atoms with van der Waals surface area (Å²) < 4.78 is 0. The molecule has 2 rings (SSSR count). The summed E-state index contributed by atoms with van der Waals surface area (Å²) in [5.74, 6) is 2.45. The molecule has 90 valence electrons. The molecule has 0 radical (unpaired) electrons. The van der Waals surface area contributed by atoms with Gasteiger partial charge in [-0.2, -0.15) is 11.8 Å². The normalized spacial score (nSPS) is 21.4. The van der Waals surface area contributed by atoms with Gasteiger partial charge >= 0.3 is 0 Å². The molecule has 1 aliphatic rings. The van der Waals surface area contributed by atoms with E-state index in [9.17, 15) is 0 Å². The summed E-state index contributed by atoms with van der Waals surface area (Å²) in [6.07, 6.45) is 0. The first-order valence-electron chi connectivity index (χ1n) is 5.80. The first-order valence-corrected chi connectivity index (χ1v) is 7.84.